The van der Waals surface area contributed by atoms with Crippen LogP contribution in [0.4, 0.5) is 0 Å². The summed E-state index contributed by atoms with van der Waals surface area (Å²) in [6, 6.07) is 6.18. The lowest BCUT2D eigenvalue weighted by atomic mass is 10.0. The van der Waals surface area contributed by atoms with E-state index in [9.17, 15) is 24.3 Å². The number of rotatable bonds is 14. The summed E-state index contributed by atoms with van der Waals surface area (Å²) >= 11 is 1.50. The fourth-order valence-corrected chi connectivity index (χ4v) is 4.45. The summed E-state index contributed by atoms with van der Waals surface area (Å²) in [6.07, 6.45) is 4.35. The summed E-state index contributed by atoms with van der Waals surface area (Å²) in [4.78, 5) is 50.7. The Balaban J connectivity index is 2.16. The number of hydrogen-bond donors (Lipinski definition) is 5. The largest absolute Gasteiger partial charge is 0.480 e. The number of hydrogen-bond acceptors (Lipinski definition) is 6. The molecule has 194 valence electrons. The number of carboxylic acid groups (broad SMARTS) is 1. The zero-order valence-electron chi connectivity index (χ0n) is 20.7. The molecule has 1 heterocycles. The zero-order chi connectivity index (χ0) is 25.8. The molecule has 0 spiro atoms. The van der Waals surface area contributed by atoms with Crippen molar-refractivity contribution >= 4 is 35.5 Å². The summed E-state index contributed by atoms with van der Waals surface area (Å²) in [5.41, 5.74) is 0.875. The molecule has 1 fully saturated rings. The lowest BCUT2D eigenvalue weighted by Gasteiger charge is -2.26. The quantitative estimate of drug-likeness (QED) is 0.257. The van der Waals surface area contributed by atoms with Gasteiger partial charge in [-0.05, 0) is 55.7 Å². The first kappa shape index (κ1) is 28.6. The predicted octanol–water partition coefficient (Wildman–Crippen LogP) is 1.32. The molecule has 1 aliphatic heterocycles. The monoisotopic (exact) mass is 506 g/mol. The second-order valence-corrected chi connectivity index (χ2v) is 10.3. The third-order valence-corrected chi connectivity index (χ3v) is 6.50. The van der Waals surface area contributed by atoms with E-state index < -0.39 is 35.9 Å². The Kier molecular flexibility index (Phi) is 12.1. The van der Waals surface area contributed by atoms with Crippen molar-refractivity contribution in [1.82, 2.24) is 21.3 Å². The van der Waals surface area contributed by atoms with Crippen LogP contribution in [0.5, 0.6) is 0 Å². The fourth-order valence-electron chi connectivity index (χ4n) is 3.98. The molecule has 4 unspecified atom stereocenters. The van der Waals surface area contributed by atoms with Crippen LogP contribution >= 0.6 is 11.8 Å². The molecule has 10 heteroatoms. The van der Waals surface area contributed by atoms with Crippen LogP contribution in [0.1, 0.15) is 45.1 Å². The SMILES string of the molecule is CSCCC(NC(=O)C(CC(C)C)NC(=O)C(Cc1ccccc1)NC(=O)C1CCCN1)C(=O)O. The molecule has 9 nitrogen and oxygen atoms in total. The van der Waals surface area contributed by atoms with Crippen molar-refractivity contribution in [3.63, 3.8) is 0 Å². The minimum absolute atomic E-state index is 0.0744. The Bertz CT molecular complexity index is 846. The maximum absolute atomic E-state index is 13.3. The number of thioether (sulfide) groups is 1. The molecule has 5 N–H and O–H groups in total. The molecular formula is C25H38N4O5S. The number of carbonyl (C=O) groups excluding carboxylic acids is 3. The summed E-state index contributed by atoms with van der Waals surface area (Å²) in [7, 11) is 0. The fraction of sp³-hybridized carbons (Fsp3) is 0.600. The number of carboxylic acids is 1. The van der Waals surface area contributed by atoms with E-state index in [0.717, 1.165) is 18.5 Å². The molecular weight excluding hydrogens is 468 g/mol. The molecule has 2 rings (SSSR count). The van der Waals surface area contributed by atoms with Gasteiger partial charge in [-0.15, -0.1) is 0 Å². The molecule has 0 aliphatic carbocycles. The van der Waals surface area contributed by atoms with E-state index in [-0.39, 0.29) is 30.7 Å². The standard InChI is InChI=1S/C25H38N4O5S/c1-16(2)14-20(23(31)27-19(25(33)34)11-13-35-3)28-24(32)21(15-17-8-5-4-6-9-17)29-22(30)18-10-7-12-26-18/h4-6,8-9,16,18-21,26H,7,10-15H2,1-3H3,(H,27,31)(H,28,32)(H,29,30)(H,33,34). The first-order valence-electron chi connectivity index (χ1n) is 12.1. The Morgan fingerprint density at radius 1 is 1.03 bits per heavy atom. The number of benzene rings is 1. The molecule has 0 bridgehead atoms. The highest BCUT2D eigenvalue weighted by Gasteiger charge is 2.31. The molecule has 1 aliphatic rings. The second kappa shape index (κ2) is 14.7. The molecule has 35 heavy (non-hydrogen) atoms. The molecule has 0 radical (unpaired) electrons. The summed E-state index contributed by atoms with van der Waals surface area (Å²) in [5, 5.41) is 20.8. The van der Waals surface area contributed by atoms with Crippen molar-refractivity contribution < 1.29 is 24.3 Å². The Morgan fingerprint density at radius 3 is 2.26 bits per heavy atom. The average Bonchev–Trinajstić information content (AvgIpc) is 3.36. The van der Waals surface area contributed by atoms with Crippen LogP contribution in [-0.4, -0.2) is 71.5 Å². The maximum atomic E-state index is 13.3. The van der Waals surface area contributed by atoms with Gasteiger partial charge in [-0.3, -0.25) is 14.4 Å². The first-order chi connectivity index (χ1) is 16.7. The molecule has 3 amide bonds. The smallest absolute Gasteiger partial charge is 0.326 e. The molecule has 1 aromatic carbocycles. The van der Waals surface area contributed by atoms with Crippen molar-refractivity contribution in [2.75, 3.05) is 18.6 Å². The normalized spacial score (nSPS) is 17.9. The van der Waals surface area contributed by atoms with Gasteiger partial charge in [0.15, 0.2) is 0 Å². The second-order valence-electron chi connectivity index (χ2n) is 9.27. The van der Waals surface area contributed by atoms with Gasteiger partial charge in [0.25, 0.3) is 0 Å². The number of aliphatic carboxylic acids is 1. The van der Waals surface area contributed by atoms with Crippen molar-refractivity contribution in [1.29, 1.82) is 0 Å². The van der Waals surface area contributed by atoms with Crippen LogP contribution in [0, 0.1) is 5.92 Å². The van der Waals surface area contributed by atoms with Gasteiger partial charge in [0.05, 0.1) is 6.04 Å². The van der Waals surface area contributed by atoms with Crippen molar-refractivity contribution in [2.24, 2.45) is 5.92 Å². The molecule has 0 aromatic heterocycles. The van der Waals surface area contributed by atoms with Crippen molar-refractivity contribution in [3.05, 3.63) is 35.9 Å². The van der Waals surface area contributed by atoms with E-state index in [0.29, 0.717) is 18.6 Å². The highest BCUT2D eigenvalue weighted by atomic mass is 32.2. The maximum Gasteiger partial charge on any atom is 0.326 e. The van der Waals surface area contributed by atoms with Gasteiger partial charge >= 0.3 is 5.97 Å². The third kappa shape index (κ3) is 9.89. The highest BCUT2D eigenvalue weighted by Crippen LogP contribution is 2.11. The van der Waals surface area contributed by atoms with E-state index in [4.69, 9.17) is 0 Å². The van der Waals surface area contributed by atoms with Gasteiger partial charge < -0.3 is 26.4 Å². The minimum atomic E-state index is -1.11. The van der Waals surface area contributed by atoms with Gasteiger partial charge in [0, 0.05) is 6.42 Å². The van der Waals surface area contributed by atoms with Gasteiger partial charge in [-0.2, -0.15) is 11.8 Å². The van der Waals surface area contributed by atoms with Crippen molar-refractivity contribution in [2.45, 2.75) is 70.1 Å². The van der Waals surface area contributed by atoms with E-state index in [1.165, 1.54) is 11.8 Å². The van der Waals surface area contributed by atoms with E-state index >= 15 is 0 Å². The average molecular weight is 507 g/mol. The lowest BCUT2D eigenvalue weighted by molar-refractivity contribution is -0.142. The van der Waals surface area contributed by atoms with Gasteiger partial charge in [0.1, 0.15) is 18.1 Å². The highest BCUT2D eigenvalue weighted by molar-refractivity contribution is 7.98. The van der Waals surface area contributed by atoms with Crippen LogP contribution in [0.25, 0.3) is 0 Å². The Morgan fingerprint density at radius 2 is 1.69 bits per heavy atom. The minimum Gasteiger partial charge on any atom is -0.480 e. The van der Waals surface area contributed by atoms with E-state index in [2.05, 4.69) is 21.3 Å². The van der Waals surface area contributed by atoms with Gasteiger partial charge in [-0.1, -0.05) is 44.2 Å². The summed E-state index contributed by atoms with van der Waals surface area (Å²) in [5.74, 6) is -1.71. The topological polar surface area (TPSA) is 137 Å². The van der Waals surface area contributed by atoms with E-state index in [1.54, 1.807) is 0 Å². The summed E-state index contributed by atoms with van der Waals surface area (Å²) < 4.78 is 0. The van der Waals surface area contributed by atoms with Crippen LogP contribution < -0.4 is 21.3 Å². The lowest BCUT2D eigenvalue weighted by Crippen LogP contribution is -2.57. The molecule has 4 atom stereocenters. The number of carbonyl (C=O) groups is 4. The molecule has 1 aromatic rings. The van der Waals surface area contributed by atoms with Crippen LogP contribution in [0.2, 0.25) is 0 Å². The van der Waals surface area contributed by atoms with Crippen LogP contribution in [-0.2, 0) is 25.6 Å². The number of amides is 3. The van der Waals surface area contributed by atoms with Crippen LogP contribution in [0.15, 0.2) is 30.3 Å². The predicted molar refractivity (Wildman–Crippen MR) is 137 cm³/mol. The van der Waals surface area contributed by atoms with Gasteiger partial charge in [-0.25, -0.2) is 4.79 Å². The van der Waals surface area contributed by atoms with E-state index in [1.807, 2.05) is 50.4 Å². The zero-order valence-corrected chi connectivity index (χ0v) is 21.5. The molecule has 1 saturated heterocycles. The Labute approximate surface area is 211 Å². The van der Waals surface area contributed by atoms with Crippen molar-refractivity contribution in [3.8, 4) is 0 Å². The summed E-state index contributed by atoms with van der Waals surface area (Å²) in [6.45, 7) is 4.60. The first-order valence-corrected chi connectivity index (χ1v) is 13.5. The third-order valence-electron chi connectivity index (χ3n) is 5.86. The van der Waals surface area contributed by atoms with Gasteiger partial charge in [0.2, 0.25) is 17.7 Å². The van der Waals surface area contributed by atoms with Crippen LogP contribution in [0.3, 0.4) is 0 Å². The Hall–Kier alpha value is -2.59. The molecule has 0 saturated carbocycles. The number of nitrogens with one attached hydrogen (secondary N) is 4.